The lowest BCUT2D eigenvalue weighted by Gasteiger charge is -2.10. The van der Waals surface area contributed by atoms with E-state index in [4.69, 9.17) is 4.74 Å². The number of aromatic amines is 1. The van der Waals surface area contributed by atoms with Gasteiger partial charge in [-0.1, -0.05) is 24.3 Å². The molecule has 0 saturated carbocycles. The molecular formula is C29H23N5O4. The van der Waals surface area contributed by atoms with Gasteiger partial charge >= 0.3 is 0 Å². The van der Waals surface area contributed by atoms with Crippen molar-refractivity contribution in [3.8, 4) is 34.1 Å². The van der Waals surface area contributed by atoms with E-state index in [0.717, 1.165) is 22.4 Å². The molecule has 0 fully saturated rings. The molecule has 2 amide bonds. The maximum atomic E-state index is 12.9. The van der Waals surface area contributed by atoms with E-state index in [1.54, 1.807) is 43.6 Å². The van der Waals surface area contributed by atoms with Crippen molar-refractivity contribution in [2.45, 2.75) is 5.92 Å². The van der Waals surface area contributed by atoms with Gasteiger partial charge in [-0.15, -0.1) is 0 Å². The summed E-state index contributed by atoms with van der Waals surface area (Å²) in [6, 6.07) is 21.5. The van der Waals surface area contributed by atoms with Crippen molar-refractivity contribution in [1.29, 1.82) is 0 Å². The predicted molar refractivity (Wildman–Crippen MR) is 143 cm³/mol. The van der Waals surface area contributed by atoms with Crippen LogP contribution in [0.4, 0.5) is 5.69 Å². The number of carbonyl (C=O) groups is 2. The molecule has 1 atom stereocenters. The van der Waals surface area contributed by atoms with Gasteiger partial charge in [0.2, 0.25) is 11.8 Å². The SMILES string of the molecule is COc1ncccc1-c1ccc(O)c(-c2nc3cc(C(=O)NCC4C(=O)Nc5ccccc54)ccc3[nH]2)c1. The van der Waals surface area contributed by atoms with Gasteiger partial charge in [0.1, 0.15) is 11.6 Å². The minimum atomic E-state index is -0.440. The highest BCUT2D eigenvalue weighted by molar-refractivity contribution is 6.04. The lowest BCUT2D eigenvalue weighted by Crippen LogP contribution is -2.31. The van der Waals surface area contributed by atoms with Crippen LogP contribution < -0.4 is 15.4 Å². The molecule has 38 heavy (non-hydrogen) atoms. The second-order valence-electron chi connectivity index (χ2n) is 8.95. The average Bonchev–Trinajstić information content (AvgIpc) is 3.51. The fourth-order valence-electron chi connectivity index (χ4n) is 4.72. The van der Waals surface area contributed by atoms with Crippen LogP contribution in [0.1, 0.15) is 21.8 Å². The lowest BCUT2D eigenvalue weighted by molar-refractivity contribution is -0.116. The minimum absolute atomic E-state index is 0.0590. The number of imidazole rings is 1. The van der Waals surface area contributed by atoms with Gasteiger partial charge in [-0.3, -0.25) is 9.59 Å². The van der Waals surface area contributed by atoms with E-state index in [2.05, 4.69) is 25.6 Å². The van der Waals surface area contributed by atoms with Crippen LogP contribution in [-0.4, -0.2) is 45.5 Å². The van der Waals surface area contributed by atoms with Gasteiger partial charge in [-0.2, -0.15) is 0 Å². The molecule has 1 aliphatic heterocycles. The van der Waals surface area contributed by atoms with Gasteiger partial charge in [0.25, 0.3) is 5.91 Å². The second-order valence-corrected chi connectivity index (χ2v) is 8.95. The summed E-state index contributed by atoms with van der Waals surface area (Å²) in [7, 11) is 1.56. The molecule has 2 aromatic heterocycles. The number of benzene rings is 3. The van der Waals surface area contributed by atoms with Crippen molar-refractivity contribution in [3.63, 3.8) is 0 Å². The van der Waals surface area contributed by atoms with Crippen molar-refractivity contribution in [2.75, 3.05) is 19.0 Å². The molecule has 5 aromatic rings. The molecule has 3 heterocycles. The Kier molecular flexibility index (Phi) is 5.72. The number of hydrogen-bond acceptors (Lipinski definition) is 6. The second kappa shape index (κ2) is 9.36. The normalized spacial score (nSPS) is 14.2. The van der Waals surface area contributed by atoms with E-state index in [0.29, 0.717) is 33.9 Å². The molecule has 9 heteroatoms. The number of aromatic nitrogens is 3. The smallest absolute Gasteiger partial charge is 0.251 e. The van der Waals surface area contributed by atoms with Crippen molar-refractivity contribution in [3.05, 3.63) is 90.1 Å². The summed E-state index contributed by atoms with van der Waals surface area (Å²) >= 11 is 0. The molecule has 0 spiro atoms. The standard InChI is InChI=1S/C29H23N5O4/c1-38-29-18(6-4-12-30-29)16-9-11-25(35)20(13-16)26-32-23-10-8-17(14-24(23)33-26)27(36)31-15-21-19-5-2-3-7-22(19)34-28(21)37/h2-14,21,35H,15H2,1H3,(H,31,36)(H,32,33)(H,34,37). The Bertz CT molecular complexity index is 1710. The Morgan fingerprint density at radius 3 is 2.79 bits per heavy atom. The van der Waals surface area contributed by atoms with Crippen LogP contribution >= 0.6 is 0 Å². The molecule has 3 aromatic carbocycles. The number of nitrogens with one attached hydrogen (secondary N) is 3. The first kappa shape index (κ1) is 23.2. The summed E-state index contributed by atoms with van der Waals surface area (Å²) in [4.78, 5) is 37.4. The highest BCUT2D eigenvalue weighted by atomic mass is 16.5. The third-order valence-corrected chi connectivity index (χ3v) is 6.65. The topological polar surface area (TPSA) is 129 Å². The molecule has 188 valence electrons. The molecular weight excluding hydrogens is 482 g/mol. The number of hydrogen-bond donors (Lipinski definition) is 4. The average molecular weight is 506 g/mol. The number of H-pyrrole nitrogens is 1. The van der Waals surface area contributed by atoms with Crippen molar-refractivity contribution in [2.24, 2.45) is 0 Å². The Morgan fingerprint density at radius 1 is 1.05 bits per heavy atom. The number of anilines is 1. The molecule has 4 N–H and O–H groups in total. The number of aromatic hydroxyl groups is 1. The fraction of sp³-hybridized carbons (Fsp3) is 0.103. The van der Waals surface area contributed by atoms with Crippen LogP contribution in [0.25, 0.3) is 33.5 Å². The Morgan fingerprint density at radius 2 is 1.92 bits per heavy atom. The lowest BCUT2D eigenvalue weighted by atomic mass is 10.0. The van der Waals surface area contributed by atoms with E-state index in [9.17, 15) is 14.7 Å². The quantitative estimate of drug-likeness (QED) is 0.269. The molecule has 0 aliphatic carbocycles. The maximum absolute atomic E-state index is 12.9. The largest absolute Gasteiger partial charge is 0.507 e. The summed E-state index contributed by atoms with van der Waals surface area (Å²) in [6.45, 7) is 0.185. The van der Waals surface area contributed by atoms with E-state index in [1.807, 2.05) is 42.5 Å². The van der Waals surface area contributed by atoms with Gasteiger partial charge in [0.15, 0.2) is 0 Å². The Labute approximate surface area is 217 Å². The minimum Gasteiger partial charge on any atom is -0.507 e. The molecule has 1 aliphatic rings. The van der Waals surface area contributed by atoms with Gasteiger partial charge in [0.05, 0.1) is 29.6 Å². The van der Waals surface area contributed by atoms with Crippen LogP contribution in [0.2, 0.25) is 0 Å². The molecule has 0 saturated heterocycles. The zero-order chi connectivity index (χ0) is 26.2. The van der Waals surface area contributed by atoms with Crippen LogP contribution in [0, 0.1) is 0 Å². The summed E-state index contributed by atoms with van der Waals surface area (Å²) in [6.07, 6.45) is 1.65. The van der Waals surface area contributed by atoms with Crippen LogP contribution in [0.15, 0.2) is 79.0 Å². The summed E-state index contributed by atoms with van der Waals surface area (Å²) < 4.78 is 5.38. The zero-order valence-electron chi connectivity index (χ0n) is 20.4. The van der Waals surface area contributed by atoms with Crippen LogP contribution in [0.3, 0.4) is 0 Å². The molecule has 9 nitrogen and oxygen atoms in total. The number of phenols is 1. The number of fused-ring (bicyclic) bond motifs is 2. The Hall–Kier alpha value is -5.18. The van der Waals surface area contributed by atoms with E-state index in [1.165, 1.54) is 0 Å². The van der Waals surface area contributed by atoms with E-state index >= 15 is 0 Å². The maximum Gasteiger partial charge on any atom is 0.251 e. The van der Waals surface area contributed by atoms with Crippen molar-refractivity contribution >= 4 is 28.5 Å². The van der Waals surface area contributed by atoms with E-state index < -0.39 is 5.92 Å². The van der Waals surface area contributed by atoms with Crippen LogP contribution in [0.5, 0.6) is 11.6 Å². The molecule has 6 rings (SSSR count). The number of pyridine rings is 1. The monoisotopic (exact) mass is 505 g/mol. The number of rotatable bonds is 6. The number of methoxy groups -OCH3 is 1. The first-order chi connectivity index (χ1) is 18.5. The zero-order valence-corrected chi connectivity index (χ0v) is 20.4. The third kappa shape index (κ3) is 4.09. The number of ether oxygens (including phenoxy) is 1. The number of nitrogens with zero attached hydrogens (tertiary/aromatic N) is 2. The van der Waals surface area contributed by atoms with Crippen molar-refractivity contribution < 1.29 is 19.4 Å². The fourth-order valence-corrected chi connectivity index (χ4v) is 4.72. The summed E-state index contributed by atoms with van der Waals surface area (Å²) in [5.41, 5.74) is 5.44. The van der Waals surface area contributed by atoms with Crippen molar-refractivity contribution in [1.82, 2.24) is 20.3 Å². The highest BCUT2D eigenvalue weighted by Gasteiger charge is 2.30. The number of carbonyl (C=O) groups excluding carboxylic acids is 2. The Balaban J connectivity index is 1.25. The van der Waals surface area contributed by atoms with E-state index in [-0.39, 0.29) is 24.1 Å². The van der Waals surface area contributed by atoms with Gasteiger partial charge in [-0.05, 0) is 59.7 Å². The first-order valence-corrected chi connectivity index (χ1v) is 12.0. The van der Waals surface area contributed by atoms with Gasteiger partial charge in [0, 0.05) is 29.6 Å². The summed E-state index contributed by atoms with van der Waals surface area (Å²) in [5, 5.41) is 16.3. The third-order valence-electron chi connectivity index (χ3n) is 6.65. The molecule has 1 unspecified atom stereocenters. The number of phenolic OH excluding ortho intramolecular Hbond substituents is 1. The first-order valence-electron chi connectivity index (χ1n) is 12.0. The number of amides is 2. The van der Waals surface area contributed by atoms with Crippen LogP contribution in [-0.2, 0) is 4.79 Å². The summed E-state index contributed by atoms with van der Waals surface area (Å²) in [5.74, 6) is 0.113. The number of para-hydroxylation sites is 1. The molecule has 0 bridgehead atoms. The highest BCUT2D eigenvalue weighted by Crippen LogP contribution is 2.36. The van der Waals surface area contributed by atoms with Gasteiger partial charge < -0.3 is 25.5 Å². The predicted octanol–water partition coefficient (Wildman–Crippen LogP) is 4.47. The van der Waals surface area contributed by atoms with Gasteiger partial charge in [-0.25, -0.2) is 9.97 Å². The molecule has 0 radical (unpaired) electrons.